The van der Waals surface area contributed by atoms with Crippen LogP contribution in [0.1, 0.15) is 44.0 Å². The summed E-state index contributed by atoms with van der Waals surface area (Å²) in [6.07, 6.45) is 4.39. The van der Waals surface area contributed by atoms with Gasteiger partial charge in [-0.25, -0.2) is 0 Å². The van der Waals surface area contributed by atoms with Gasteiger partial charge in [0.15, 0.2) is 0 Å². The average molecular weight is 364 g/mol. The SMILES string of the molecule is C=C(OCC(C)(N)CC(C)C)/C(Cl)=C\C(=NC)c1ccnc(C)c1C. The van der Waals surface area contributed by atoms with Gasteiger partial charge in [0.25, 0.3) is 0 Å². The monoisotopic (exact) mass is 363 g/mol. The summed E-state index contributed by atoms with van der Waals surface area (Å²) in [5.41, 5.74) is 9.62. The standard InChI is InChI=1S/C20H30ClN3O/c1-13(2)11-20(6,22)12-25-16(5)18(21)10-19(23-7)17-8-9-24-15(4)14(17)3/h8-10,13H,5,11-12,22H2,1-4,6-7H3/b18-10+,23-19?. The van der Waals surface area contributed by atoms with Gasteiger partial charge in [0.05, 0.1) is 10.7 Å². The molecule has 1 aromatic heterocycles. The molecule has 1 unspecified atom stereocenters. The van der Waals surface area contributed by atoms with Crippen molar-refractivity contribution in [1.29, 1.82) is 0 Å². The molecule has 1 heterocycles. The summed E-state index contributed by atoms with van der Waals surface area (Å²) in [5.74, 6) is 0.890. The maximum absolute atomic E-state index is 6.38. The number of nitrogens with two attached hydrogens (primary N) is 1. The molecule has 4 nitrogen and oxygen atoms in total. The first-order valence-corrected chi connectivity index (χ1v) is 8.82. The van der Waals surface area contributed by atoms with Gasteiger partial charge >= 0.3 is 0 Å². The zero-order valence-electron chi connectivity index (χ0n) is 16.2. The third kappa shape index (κ3) is 6.63. The quantitative estimate of drug-likeness (QED) is 0.419. The Bertz CT molecular complexity index is 676. The lowest BCUT2D eigenvalue weighted by Crippen LogP contribution is -2.42. The number of aliphatic imine (C=N–C) groups is 1. The second-order valence-electron chi connectivity index (χ2n) is 7.13. The fraction of sp³-hybridized carbons (Fsp3) is 0.500. The minimum atomic E-state index is -0.422. The van der Waals surface area contributed by atoms with Crippen LogP contribution in [0.5, 0.6) is 0 Å². The molecule has 0 saturated carbocycles. The Hall–Kier alpha value is -1.65. The van der Waals surface area contributed by atoms with Crippen LogP contribution in [-0.2, 0) is 4.74 Å². The van der Waals surface area contributed by atoms with Crippen LogP contribution in [0.2, 0.25) is 0 Å². The van der Waals surface area contributed by atoms with Gasteiger partial charge in [0.1, 0.15) is 12.4 Å². The predicted octanol–water partition coefficient (Wildman–Crippen LogP) is 4.53. The van der Waals surface area contributed by atoms with Crippen LogP contribution in [0.4, 0.5) is 0 Å². The topological polar surface area (TPSA) is 60.5 Å². The molecule has 0 aliphatic carbocycles. The number of rotatable bonds is 8. The smallest absolute Gasteiger partial charge is 0.130 e. The van der Waals surface area contributed by atoms with Crippen LogP contribution in [0.15, 0.2) is 40.7 Å². The van der Waals surface area contributed by atoms with E-state index in [1.54, 1.807) is 19.3 Å². The molecule has 0 aromatic carbocycles. The highest BCUT2D eigenvalue weighted by Gasteiger charge is 2.21. The van der Waals surface area contributed by atoms with Gasteiger partial charge in [-0.15, -0.1) is 0 Å². The molecule has 0 bridgehead atoms. The minimum absolute atomic E-state index is 0.361. The lowest BCUT2D eigenvalue weighted by atomic mass is 9.93. The highest BCUT2D eigenvalue weighted by molar-refractivity contribution is 6.34. The van der Waals surface area contributed by atoms with E-state index in [9.17, 15) is 0 Å². The Morgan fingerprint density at radius 2 is 2.12 bits per heavy atom. The Morgan fingerprint density at radius 3 is 2.68 bits per heavy atom. The average Bonchev–Trinajstić information content (AvgIpc) is 2.52. The highest BCUT2D eigenvalue weighted by Crippen LogP contribution is 2.21. The minimum Gasteiger partial charge on any atom is -0.491 e. The Labute approximate surface area is 156 Å². The molecular formula is C20H30ClN3O. The molecule has 0 aliphatic rings. The molecule has 2 N–H and O–H groups in total. The summed E-state index contributed by atoms with van der Waals surface area (Å²) in [4.78, 5) is 8.62. The van der Waals surface area contributed by atoms with E-state index in [0.29, 0.717) is 23.3 Å². The zero-order valence-corrected chi connectivity index (χ0v) is 16.9. The van der Waals surface area contributed by atoms with Crippen LogP contribution in [0, 0.1) is 19.8 Å². The number of aromatic nitrogens is 1. The van der Waals surface area contributed by atoms with E-state index in [-0.39, 0.29) is 0 Å². The number of ether oxygens (including phenoxy) is 1. The van der Waals surface area contributed by atoms with Gasteiger partial charge in [0.2, 0.25) is 0 Å². The van der Waals surface area contributed by atoms with Crippen molar-refractivity contribution in [2.45, 2.75) is 46.6 Å². The van der Waals surface area contributed by atoms with Crippen molar-refractivity contribution in [2.24, 2.45) is 16.6 Å². The van der Waals surface area contributed by atoms with Gasteiger partial charge in [-0.05, 0) is 50.8 Å². The third-order valence-corrected chi connectivity index (χ3v) is 4.27. The van der Waals surface area contributed by atoms with Gasteiger partial charge in [0, 0.05) is 30.0 Å². The fourth-order valence-electron chi connectivity index (χ4n) is 2.69. The first-order chi connectivity index (χ1) is 11.6. The number of aryl methyl sites for hydroxylation is 1. The number of halogens is 1. The Morgan fingerprint density at radius 1 is 1.48 bits per heavy atom. The molecule has 0 amide bonds. The summed E-state index contributed by atoms with van der Waals surface area (Å²) >= 11 is 6.38. The highest BCUT2D eigenvalue weighted by atomic mass is 35.5. The number of hydrogen-bond acceptors (Lipinski definition) is 4. The molecule has 0 aliphatic heterocycles. The second-order valence-corrected chi connectivity index (χ2v) is 7.54. The number of allylic oxidation sites excluding steroid dienone is 2. The fourth-order valence-corrected chi connectivity index (χ4v) is 2.85. The lowest BCUT2D eigenvalue weighted by Gasteiger charge is -2.27. The first-order valence-electron chi connectivity index (χ1n) is 8.45. The molecular weight excluding hydrogens is 334 g/mol. The van der Waals surface area contributed by atoms with E-state index in [2.05, 4.69) is 30.4 Å². The van der Waals surface area contributed by atoms with Gasteiger partial charge in [-0.3, -0.25) is 9.98 Å². The van der Waals surface area contributed by atoms with Crippen molar-refractivity contribution in [3.63, 3.8) is 0 Å². The van der Waals surface area contributed by atoms with Crippen LogP contribution in [-0.4, -0.2) is 29.9 Å². The van der Waals surface area contributed by atoms with Crippen molar-refractivity contribution >= 4 is 17.3 Å². The third-order valence-electron chi connectivity index (χ3n) is 3.95. The molecule has 25 heavy (non-hydrogen) atoms. The molecule has 1 aromatic rings. The van der Waals surface area contributed by atoms with Crippen molar-refractivity contribution < 1.29 is 4.74 Å². The first kappa shape index (κ1) is 21.4. The molecule has 0 fully saturated rings. The predicted molar refractivity (Wildman–Crippen MR) is 107 cm³/mol. The lowest BCUT2D eigenvalue weighted by molar-refractivity contribution is 0.147. The molecule has 0 radical (unpaired) electrons. The second kappa shape index (κ2) is 9.16. The number of hydrogen-bond donors (Lipinski definition) is 1. The normalized spacial score (nSPS) is 15.2. The molecule has 1 atom stereocenters. The summed E-state index contributed by atoms with van der Waals surface area (Å²) in [6.45, 7) is 14.5. The van der Waals surface area contributed by atoms with Crippen molar-refractivity contribution in [1.82, 2.24) is 4.98 Å². The summed E-state index contributed by atoms with van der Waals surface area (Å²) in [6, 6.07) is 1.93. The van der Waals surface area contributed by atoms with Crippen molar-refractivity contribution in [3.8, 4) is 0 Å². The van der Waals surface area contributed by atoms with Gasteiger partial charge in [-0.2, -0.15) is 0 Å². The van der Waals surface area contributed by atoms with E-state index in [1.165, 1.54) is 0 Å². The van der Waals surface area contributed by atoms with Crippen molar-refractivity contribution in [2.75, 3.05) is 13.7 Å². The largest absolute Gasteiger partial charge is 0.491 e. The van der Waals surface area contributed by atoms with Crippen LogP contribution in [0.25, 0.3) is 0 Å². The van der Waals surface area contributed by atoms with Crippen LogP contribution >= 0.6 is 11.6 Å². The molecule has 138 valence electrons. The number of pyridine rings is 1. The zero-order chi connectivity index (χ0) is 19.2. The van der Waals surface area contributed by atoms with Gasteiger partial charge < -0.3 is 10.5 Å². The number of nitrogens with zero attached hydrogens (tertiary/aromatic N) is 2. The van der Waals surface area contributed by atoms with Gasteiger partial charge in [-0.1, -0.05) is 32.0 Å². The Balaban J connectivity index is 2.88. The van der Waals surface area contributed by atoms with E-state index in [4.69, 9.17) is 22.1 Å². The summed E-state index contributed by atoms with van der Waals surface area (Å²) in [7, 11) is 1.73. The Kier molecular flexibility index (Phi) is 7.84. The van der Waals surface area contributed by atoms with E-state index < -0.39 is 5.54 Å². The molecule has 0 spiro atoms. The molecule has 1 rings (SSSR count). The van der Waals surface area contributed by atoms with Crippen molar-refractivity contribution in [3.05, 3.63) is 52.5 Å². The maximum Gasteiger partial charge on any atom is 0.130 e. The summed E-state index contributed by atoms with van der Waals surface area (Å²) in [5, 5.41) is 0.412. The van der Waals surface area contributed by atoms with E-state index in [0.717, 1.165) is 29.0 Å². The molecule has 5 heteroatoms. The summed E-state index contributed by atoms with van der Waals surface area (Å²) < 4.78 is 5.72. The maximum atomic E-state index is 6.38. The van der Waals surface area contributed by atoms with Crippen LogP contribution < -0.4 is 5.73 Å². The van der Waals surface area contributed by atoms with E-state index >= 15 is 0 Å². The van der Waals surface area contributed by atoms with E-state index in [1.807, 2.05) is 26.8 Å². The molecule has 0 saturated heterocycles. The van der Waals surface area contributed by atoms with Crippen LogP contribution in [0.3, 0.4) is 0 Å².